The number of piperidine rings is 1. The summed E-state index contributed by atoms with van der Waals surface area (Å²) in [6.07, 6.45) is 4.87. The molecule has 0 spiro atoms. The van der Waals surface area contributed by atoms with Crippen molar-refractivity contribution >= 4 is 42.4 Å². The second-order valence-electron chi connectivity index (χ2n) is 7.16. The summed E-state index contributed by atoms with van der Waals surface area (Å²) in [6.45, 7) is 3.83. The molecule has 1 saturated heterocycles. The molecule has 2 aromatic rings. The predicted octanol–water partition coefficient (Wildman–Crippen LogP) is 4.01. The van der Waals surface area contributed by atoms with Gasteiger partial charge in [0.15, 0.2) is 0 Å². The van der Waals surface area contributed by atoms with Crippen molar-refractivity contribution in [3.63, 3.8) is 0 Å². The molecule has 1 aliphatic rings. The Morgan fingerprint density at radius 3 is 2.54 bits per heavy atom. The number of anilines is 1. The molecule has 0 radical (unpaired) electrons. The van der Waals surface area contributed by atoms with Crippen molar-refractivity contribution in [2.45, 2.75) is 24.7 Å². The smallest absolute Gasteiger partial charge is 0.222 e. The lowest BCUT2D eigenvalue weighted by atomic mass is 9.70. The number of aromatic nitrogens is 2. The van der Waals surface area contributed by atoms with Crippen LogP contribution >= 0.6 is 36.4 Å². The first-order valence-corrected chi connectivity index (χ1v) is 9.67. The maximum atomic E-state index is 6.58. The fraction of sp³-hybridized carbons (Fsp3) is 0.500. The van der Waals surface area contributed by atoms with E-state index in [-0.39, 0.29) is 30.2 Å². The lowest BCUT2D eigenvalue weighted by Gasteiger charge is -2.38. The van der Waals surface area contributed by atoms with Gasteiger partial charge in [0.05, 0.1) is 5.69 Å². The minimum atomic E-state index is -0.160. The number of nitrogens with one attached hydrogen (secondary N) is 2. The number of halogens is 3. The topological polar surface area (TPSA) is 53.1 Å². The first-order chi connectivity index (χ1) is 12.6. The fourth-order valence-electron chi connectivity index (χ4n) is 3.67. The quantitative estimate of drug-likeness (QED) is 0.629. The van der Waals surface area contributed by atoms with Crippen LogP contribution < -0.4 is 10.6 Å². The molecule has 1 fully saturated rings. The van der Waals surface area contributed by atoms with Crippen molar-refractivity contribution in [3.05, 3.63) is 52.8 Å². The SMILES string of the molecule is CN(C)CCCNc1nccc(C2(c3ccccc3Cl)CCNCC2)n1.Cl.Cl. The zero-order chi connectivity index (χ0) is 18.4. The third kappa shape index (κ3) is 5.94. The zero-order valence-corrected chi connectivity index (χ0v) is 18.8. The highest BCUT2D eigenvalue weighted by Crippen LogP contribution is 2.42. The van der Waals surface area contributed by atoms with E-state index in [1.54, 1.807) is 0 Å². The third-order valence-corrected chi connectivity index (χ3v) is 5.39. The molecule has 0 amide bonds. The van der Waals surface area contributed by atoms with Gasteiger partial charge in [-0.25, -0.2) is 9.97 Å². The third-order valence-electron chi connectivity index (χ3n) is 5.06. The van der Waals surface area contributed by atoms with Gasteiger partial charge in [0.25, 0.3) is 0 Å². The van der Waals surface area contributed by atoms with E-state index in [9.17, 15) is 0 Å². The molecule has 0 aliphatic carbocycles. The van der Waals surface area contributed by atoms with Gasteiger partial charge in [0.2, 0.25) is 5.95 Å². The molecule has 3 rings (SSSR count). The lowest BCUT2D eigenvalue weighted by molar-refractivity contribution is 0.354. The van der Waals surface area contributed by atoms with Crippen molar-refractivity contribution in [2.24, 2.45) is 0 Å². The van der Waals surface area contributed by atoms with Crippen molar-refractivity contribution < 1.29 is 0 Å². The maximum Gasteiger partial charge on any atom is 0.222 e. The molecular weight excluding hydrogens is 417 g/mol. The molecule has 0 unspecified atom stereocenters. The second-order valence-corrected chi connectivity index (χ2v) is 7.57. The number of hydrogen-bond acceptors (Lipinski definition) is 5. The van der Waals surface area contributed by atoms with E-state index in [2.05, 4.69) is 46.7 Å². The number of nitrogens with zero attached hydrogens (tertiary/aromatic N) is 3. The van der Waals surface area contributed by atoms with Gasteiger partial charge in [0.1, 0.15) is 0 Å². The van der Waals surface area contributed by atoms with Crippen LogP contribution in [0.5, 0.6) is 0 Å². The summed E-state index contributed by atoms with van der Waals surface area (Å²) in [5, 5.41) is 7.64. The Labute approximate surface area is 185 Å². The van der Waals surface area contributed by atoms with Crippen LogP contribution in [0.3, 0.4) is 0 Å². The summed E-state index contributed by atoms with van der Waals surface area (Å²) in [7, 11) is 4.17. The summed E-state index contributed by atoms with van der Waals surface area (Å²) in [6, 6.07) is 10.2. The molecule has 28 heavy (non-hydrogen) atoms. The zero-order valence-electron chi connectivity index (χ0n) is 16.4. The number of benzene rings is 1. The molecule has 0 saturated carbocycles. The van der Waals surface area contributed by atoms with E-state index in [0.29, 0.717) is 5.95 Å². The van der Waals surface area contributed by atoms with Crippen LogP contribution in [0.2, 0.25) is 5.02 Å². The highest BCUT2D eigenvalue weighted by atomic mass is 35.5. The maximum absolute atomic E-state index is 6.58. The van der Waals surface area contributed by atoms with Crippen molar-refractivity contribution in [1.29, 1.82) is 0 Å². The van der Waals surface area contributed by atoms with Gasteiger partial charge in [-0.15, -0.1) is 24.8 Å². The van der Waals surface area contributed by atoms with Crippen LogP contribution in [-0.4, -0.2) is 55.1 Å². The molecule has 8 heteroatoms. The van der Waals surface area contributed by atoms with Gasteiger partial charge in [-0.3, -0.25) is 0 Å². The van der Waals surface area contributed by atoms with E-state index in [1.165, 1.54) is 5.56 Å². The molecule has 2 N–H and O–H groups in total. The Morgan fingerprint density at radius 2 is 1.86 bits per heavy atom. The molecule has 0 bridgehead atoms. The Balaban J connectivity index is 0.00000196. The van der Waals surface area contributed by atoms with Gasteiger partial charge in [-0.1, -0.05) is 29.8 Å². The minimum absolute atomic E-state index is 0. The summed E-state index contributed by atoms with van der Waals surface area (Å²) >= 11 is 6.58. The molecular formula is C20H30Cl3N5. The molecule has 1 aromatic heterocycles. The summed E-state index contributed by atoms with van der Waals surface area (Å²) in [5.41, 5.74) is 2.06. The van der Waals surface area contributed by atoms with Crippen molar-refractivity contribution in [2.75, 3.05) is 45.6 Å². The van der Waals surface area contributed by atoms with Crippen LogP contribution in [0.25, 0.3) is 0 Å². The highest BCUT2D eigenvalue weighted by Gasteiger charge is 2.38. The van der Waals surface area contributed by atoms with E-state index in [1.807, 2.05) is 24.4 Å². The normalized spacial score (nSPS) is 15.4. The van der Waals surface area contributed by atoms with Gasteiger partial charge >= 0.3 is 0 Å². The monoisotopic (exact) mass is 445 g/mol. The van der Waals surface area contributed by atoms with Crippen molar-refractivity contribution in [3.8, 4) is 0 Å². The second kappa shape index (κ2) is 11.8. The Morgan fingerprint density at radius 1 is 1.14 bits per heavy atom. The average Bonchev–Trinajstić information content (AvgIpc) is 2.66. The Kier molecular flexibility index (Phi) is 10.5. The molecule has 156 valence electrons. The molecule has 1 aliphatic heterocycles. The molecule has 5 nitrogen and oxygen atoms in total. The van der Waals surface area contributed by atoms with E-state index < -0.39 is 0 Å². The minimum Gasteiger partial charge on any atom is -0.354 e. The fourth-order valence-corrected chi connectivity index (χ4v) is 3.99. The van der Waals surface area contributed by atoms with Crippen LogP contribution in [-0.2, 0) is 5.41 Å². The number of hydrogen-bond donors (Lipinski definition) is 2. The van der Waals surface area contributed by atoms with Crippen LogP contribution in [0.1, 0.15) is 30.5 Å². The highest BCUT2D eigenvalue weighted by molar-refractivity contribution is 6.31. The Bertz CT molecular complexity index is 720. The Hall–Kier alpha value is -1.11. The largest absolute Gasteiger partial charge is 0.354 e. The van der Waals surface area contributed by atoms with Crippen LogP contribution in [0, 0.1) is 0 Å². The lowest BCUT2D eigenvalue weighted by Crippen LogP contribution is -2.41. The van der Waals surface area contributed by atoms with Crippen LogP contribution in [0.15, 0.2) is 36.5 Å². The van der Waals surface area contributed by atoms with Gasteiger partial charge in [0, 0.05) is 23.2 Å². The molecule has 1 aromatic carbocycles. The van der Waals surface area contributed by atoms with Crippen LogP contribution in [0.4, 0.5) is 5.95 Å². The average molecular weight is 447 g/mol. The number of rotatable bonds is 7. The molecule has 0 atom stereocenters. The summed E-state index contributed by atoms with van der Waals surface area (Å²) in [4.78, 5) is 11.5. The van der Waals surface area contributed by atoms with Crippen molar-refractivity contribution in [1.82, 2.24) is 20.2 Å². The standard InChI is InChI=1S/C20H28ClN5.2ClH/c1-26(2)15-5-11-23-19-24-12-8-18(25-19)20(9-13-22-14-10-20)16-6-3-4-7-17(16)21;;/h3-4,6-8,12,22H,5,9-11,13-15H2,1-2H3,(H,23,24,25);2*1H. The van der Waals surface area contributed by atoms with E-state index in [0.717, 1.165) is 56.2 Å². The van der Waals surface area contributed by atoms with Gasteiger partial charge in [-0.05, 0) is 70.7 Å². The van der Waals surface area contributed by atoms with Gasteiger partial charge < -0.3 is 15.5 Å². The first-order valence-electron chi connectivity index (χ1n) is 9.30. The predicted molar refractivity (Wildman–Crippen MR) is 123 cm³/mol. The first kappa shape index (κ1) is 24.9. The van der Waals surface area contributed by atoms with Gasteiger partial charge in [-0.2, -0.15) is 0 Å². The van der Waals surface area contributed by atoms with E-state index >= 15 is 0 Å². The molecule has 2 heterocycles. The summed E-state index contributed by atoms with van der Waals surface area (Å²) < 4.78 is 0. The summed E-state index contributed by atoms with van der Waals surface area (Å²) in [5.74, 6) is 0.700. The van der Waals surface area contributed by atoms with E-state index in [4.69, 9.17) is 16.6 Å².